The summed E-state index contributed by atoms with van der Waals surface area (Å²) in [5.74, 6) is -7.55. The molecule has 13 atom stereocenters. The Morgan fingerprint density at radius 1 is 1.00 bits per heavy atom. The van der Waals surface area contributed by atoms with Crippen LogP contribution in [0.1, 0.15) is 66.1 Å². The minimum atomic E-state index is -2.87. The number of carbonyl (C=O) groups excluding carboxylic acids is 5. The number of hydrogen-bond acceptors (Lipinski definition) is 15. The third-order valence-electron chi connectivity index (χ3n) is 12.3. The summed E-state index contributed by atoms with van der Waals surface area (Å²) in [6.07, 6.45) is -5.51. The van der Waals surface area contributed by atoms with E-state index in [1.54, 1.807) is 6.92 Å². The zero-order chi connectivity index (χ0) is 35.6. The molecular weight excluding hydrogens is 636 g/mol. The lowest BCUT2D eigenvalue weighted by Crippen LogP contribution is -2.88. The number of fused-ring (bicyclic) bond motifs is 5. The van der Waals surface area contributed by atoms with Gasteiger partial charge in [0.25, 0.3) is 0 Å². The predicted molar refractivity (Wildman–Crippen MR) is 156 cm³/mol. The topological polar surface area (TPSA) is 226 Å². The Kier molecular flexibility index (Phi) is 7.36. The fraction of sp³-hybridized carbons (Fsp3) is 0.667. The van der Waals surface area contributed by atoms with Gasteiger partial charge < -0.3 is 48.5 Å². The van der Waals surface area contributed by atoms with E-state index >= 15 is 0 Å². The summed E-state index contributed by atoms with van der Waals surface area (Å²) >= 11 is 0. The highest BCUT2D eigenvalue weighted by atomic mass is 16.6. The lowest BCUT2D eigenvalue weighted by Gasteiger charge is -2.74. The van der Waals surface area contributed by atoms with Gasteiger partial charge in [0.1, 0.15) is 29.5 Å². The van der Waals surface area contributed by atoms with Crippen LogP contribution in [0.3, 0.4) is 0 Å². The van der Waals surface area contributed by atoms with E-state index in [2.05, 4.69) is 0 Å². The van der Waals surface area contributed by atoms with Gasteiger partial charge in [0.05, 0.1) is 42.7 Å². The molecule has 0 radical (unpaired) electrons. The largest absolute Gasteiger partial charge is 0.472 e. The highest BCUT2D eigenvalue weighted by Gasteiger charge is 2.93. The van der Waals surface area contributed by atoms with Crippen molar-refractivity contribution >= 4 is 29.8 Å². The van der Waals surface area contributed by atoms with Crippen LogP contribution >= 0.6 is 0 Å². The quantitative estimate of drug-likeness (QED) is 0.236. The first-order chi connectivity index (χ1) is 22.2. The molecule has 4 N–H and O–H groups in total. The molecular formula is C33H40O15. The van der Waals surface area contributed by atoms with Crippen molar-refractivity contribution < 1.29 is 72.5 Å². The first-order valence-electron chi connectivity index (χ1n) is 15.6. The zero-order valence-electron chi connectivity index (χ0n) is 27.5. The molecule has 2 heterocycles. The van der Waals surface area contributed by atoms with Crippen LogP contribution in [0.15, 0.2) is 34.7 Å². The highest BCUT2D eigenvalue weighted by molar-refractivity contribution is 5.86. The second-order valence-electron chi connectivity index (χ2n) is 14.5. The Morgan fingerprint density at radius 2 is 1.65 bits per heavy atom. The molecule has 48 heavy (non-hydrogen) atoms. The maximum Gasteiger partial charge on any atom is 0.347 e. The normalized spacial score (nSPS) is 45.9. The number of esters is 5. The Morgan fingerprint density at radius 3 is 2.19 bits per heavy atom. The number of aliphatic hydroxyl groups is 4. The first kappa shape index (κ1) is 34.1. The average Bonchev–Trinajstić information content (AvgIpc) is 3.64. The number of furan rings is 1. The van der Waals surface area contributed by atoms with E-state index in [1.165, 1.54) is 32.4 Å². The van der Waals surface area contributed by atoms with E-state index in [1.807, 2.05) is 0 Å². The Hall–Kier alpha value is -3.79. The second-order valence-corrected chi connectivity index (χ2v) is 14.5. The van der Waals surface area contributed by atoms with Crippen LogP contribution in [0.2, 0.25) is 0 Å². The highest BCUT2D eigenvalue weighted by Crippen LogP contribution is 2.82. The molecule has 4 aliphatic carbocycles. The Bertz CT molecular complexity index is 1620. The number of ether oxygens (including phenoxy) is 5. The lowest BCUT2D eigenvalue weighted by atomic mass is 9.35. The molecule has 5 aliphatic rings. The number of rotatable bonds is 6. The van der Waals surface area contributed by atoms with Gasteiger partial charge >= 0.3 is 29.8 Å². The molecule has 6 rings (SSSR count). The van der Waals surface area contributed by atoms with Crippen LogP contribution in [0, 0.1) is 28.1 Å². The van der Waals surface area contributed by atoms with Crippen molar-refractivity contribution in [1.29, 1.82) is 0 Å². The standard InChI is InChI=1S/C33H40O15/c1-14(34)45-19-11-32(41)30(6)23(22(27(39)43-7)46-15(2)35)28(4)13-31(30,40)21(26(28)47-16(3)36)24(38)33(32,42)18-10-20(37)48-25(29(18,19)5)17-8-9-44-12-17/h8-10,12,19,21-26,38,40-42H,11,13H2,1-7H3/t19-,21?,22+,23-,24-,25-,26+,28+,29-,30-,31-,32-,33+/m0/s1. The molecule has 1 aromatic rings. The van der Waals surface area contributed by atoms with Gasteiger partial charge in [-0.3, -0.25) is 14.4 Å². The van der Waals surface area contributed by atoms with Crippen molar-refractivity contribution in [3.8, 4) is 0 Å². The zero-order valence-corrected chi connectivity index (χ0v) is 27.5. The monoisotopic (exact) mass is 676 g/mol. The minimum absolute atomic E-state index is 0.295. The molecule has 15 nitrogen and oxygen atoms in total. The molecule has 0 saturated heterocycles. The van der Waals surface area contributed by atoms with Crippen molar-refractivity contribution in [3.63, 3.8) is 0 Å². The molecule has 2 bridgehead atoms. The molecule has 1 unspecified atom stereocenters. The first-order valence-corrected chi connectivity index (χ1v) is 15.6. The van der Waals surface area contributed by atoms with Gasteiger partial charge in [-0.2, -0.15) is 0 Å². The van der Waals surface area contributed by atoms with E-state index in [4.69, 9.17) is 28.1 Å². The average molecular weight is 677 g/mol. The van der Waals surface area contributed by atoms with E-state index in [0.29, 0.717) is 5.56 Å². The van der Waals surface area contributed by atoms with Gasteiger partial charge in [-0.05, 0) is 25.0 Å². The number of carbonyl (C=O) groups is 5. The third-order valence-corrected chi connectivity index (χ3v) is 12.3. The molecule has 0 spiro atoms. The van der Waals surface area contributed by atoms with Crippen LogP contribution < -0.4 is 0 Å². The smallest absolute Gasteiger partial charge is 0.347 e. The van der Waals surface area contributed by atoms with Crippen LogP contribution in [0.25, 0.3) is 0 Å². The summed E-state index contributed by atoms with van der Waals surface area (Å²) in [6, 6.07) is 1.50. The van der Waals surface area contributed by atoms with Gasteiger partial charge in [0.2, 0.25) is 6.10 Å². The van der Waals surface area contributed by atoms with Gasteiger partial charge in [0.15, 0.2) is 0 Å². The van der Waals surface area contributed by atoms with Crippen LogP contribution in [0.5, 0.6) is 0 Å². The van der Waals surface area contributed by atoms with E-state index in [9.17, 15) is 44.4 Å². The summed E-state index contributed by atoms with van der Waals surface area (Å²) in [5, 5.41) is 51.8. The lowest BCUT2D eigenvalue weighted by molar-refractivity contribution is -0.384. The van der Waals surface area contributed by atoms with Crippen LogP contribution in [-0.4, -0.2) is 98.6 Å². The number of methoxy groups -OCH3 is 1. The summed E-state index contributed by atoms with van der Waals surface area (Å²) in [5.41, 5.74) is -13.1. The summed E-state index contributed by atoms with van der Waals surface area (Å²) in [4.78, 5) is 64.5. The van der Waals surface area contributed by atoms with E-state index < -0.39 is 112 Å². The van der Waals surface area contributed by atoms with Crippen LogP contribution in [-0.2, 0) is 47.7 Å². The Labute approximate surface area is 275 Å². The summed E-state index contributed by atoms with van der Waals surface area (Å²) in [7, 11) is 1.05. The van der Waals surface area contributed by atoms with Crippen LogP contribution in [0.4, 0.5) is 0 Å². The van der Waals surface area contributed by atoms with Crippen molar-refractivity contribution in [2.24, 2.45) is 28.1 Å². The summed E-state index contributed by atoms with van der Waals surface area (Å²) < 4.78 is 33.1. The van der Waals surface area contributed by atoms with Gasteiger partial charge in [-0.1, -0.05) is 13.8 Å². The second kappa shape index (κ2) is 10.4. The third kappa shape index (κ3) is 3.81. The Balaban J connectivity index is 1.69. The molecule has 4 saturated carbocycles. The molecule has 1 aliphatic heterocycles. The molecule has 1 aromatic heterocycles. The predicted octanol–water partition coefficient (Wildman–Crippen LogP) is 0.412. The number of aliphatic hydroxyl groups excluding tert-OH is 1. The summed E-state index contributed by atoms with van der Waals surface area (Å²) in [6.45, 7) is 7.74. The molecule has 0 aromatic carbocycles. The van der Waals surface area contributed by atoms with E-state index in [0.717, 1.165) is 34.0 Å². The fourth-order valence-electron chi connectivity index (χ4n) is 10.7. The van der Waals surface area contributed by atoms with Gasteiger partial charge in [-0.15, -0.1) is 0 Å². The number of cyclic esters (lactones) is 1. The van der Waals surface area contributed by atoms with Crippen molar-refractivity contribution in [2.75, 3.05) is 7.11 Å². The minimum Gasteiger partial charge on any atom is -0.472 e. The molecule has 4 fully saturated rings. The molecule has 15 heteroatoms. The van der Waals surface area contributed by atoms with Crippen molar-refractivity contribution in [2.45, 2.75) is 102 Å². The maximum atomic E-state index is 13.5. The number of hydrogen-bond donors (Lipinski definition) is 4. The van der Waals surface area contributed by atoms with Crippen molar-refractivity contribution in [3.05, 3.63) is 35.8 Å². The fourth-order valence-corrected chi connectivity index (χ4v) is 10.7. The van der Waals surface area contributed by atoms with E-state index in [-0.39, 0.29) is 12.0 Å². The van der Waals surface area contributed by atoms with Gasteiger partial charge in [0, 0.05) is 55.6 Å². The molecule has 262 valence electrons. The van der Waals surface area contributed by atoms with Crippen molar-refractivity contribution in [1.82, 2.24) is 0 Å². The maximum absolute atomic E-state index is 13.5. The van der Waals surface area contributed by atoms with Gasteiger partial charge in [-0.25, -0.2) is 9.59 Å². The molecule has 0 amide bonds. The SMILES string of the molecule is COC(=O)[C@H](OC(C)=O)[C@H]1[C@@]2(C)C[C@]3(O)C([C@H]2OC(C)=O)[C@H](O)[C@]2(O)C4=CC(=O)O[C@@H](c5ccoc5)[C@]4(C)[C@@H](OC(C)=O)C[C@]2(O)[C@@]13C.